The molecule has 0 saturated carbocycles. The zero-order valence-electron chi connectivity index (χ0n) is 8.45. The Labute approximate surface area is 84.7 Å². The Hall–Kier alpha value is -1.27. The number of carbonyl (C=O) groups is 1. The summed E-state index contributed by atoms with van der Waals surface area (Å²) in [4.78, 5) is 13.6. The van der Waals surface area contributed by atoms with Crippen molar-refractivity contribution in [3.05, 3.63) is 11.6 Å². The van der Waals surface area contributed by atoms with Gasteiger partial charge in [-0.2, -0.15) is 0 Å². The molecule has 0 N–H and O–H groups in total. The number of hydrogen-bond donors (Lipinski definition) is 0. The SMILES string of the molecule is C#CCOC(=O)C1=CCCN(CC)C1. The smallest absolute Gasteiger partial charge is 0.335 e. The van der Waals surface area contributed by atoms with Crippen molar-refractivity contribution < 1.29 is 9.53 Å². The average molecular weight is 193 g/mol. The fourth-order valence-electron chi connectivity index (χ4n) is 1.42. The Bertz CT molecular complexity index is 276. The van der Waals surface area contributed by atoms with Gasteiger partial charge in [0.1, 0.15) is 0 Å². The molecule has 1 aliphatic rings. The maximum atomic E-state index is 11.4. The molecule has 14 heavy (non-hydrogen) atoms. The summed E-state index contributed by atoms with van der Waals surface area (Å²) in [7, 11) is 0. The lowest BCUT2D eigenvalue weighted by molar-refractivity contribution is -0.138. The minimum Gasteiger partial charge on any atom is -0.449 e. The predicted molar refractivity (Wildman–Crippen MR) is 54.6 cm³/mol. The molecule has 3 nitrogen and oxygen atoms in total. The van der Waals surface area contributed by atoms with E-state index in [4.69, 9.17) is 11.2 Å². The number of ether oxygens (including phenoxy) is 1. The molecule has 1 rings (SSSR count). The van der Waals surface area contributed by atoms with Gasteiger partial charge in [0, 0.05) is 18.7 Å². The van der Waals surface area contributed by atoms with E-state index in [9.17, 15) is 4.79 Å². The number of carbonyl (C=O) groups excluding carboxylic acids is 1. The van der Waals surface area contributed by atoms with Crippen LogP contribution < -0.4 is 0 Å². The molecule has 0 fully saturated rings. The van der Waals surface area contributed by atoms with Crippen LogP contribution in [0.3, 0.4) is 0 Å². The largest absolute Gasteiger partial charge is 0.449 e. The summed E-state index contributed by atoms with van der Waals surface area (Å²) in [5, 5.41) is 0. The number of esters is 1. The first-order valence-electron chi connectivity index (χ1n) is 4.80. The monoisotopic (exact) mass is 193 g/mol. The lowest BCUT2D eigenvalue weighted by atomic mass is 10.1. The molecule has 1 aliphatic heterocycles. The summed E-state index contributed by atoms with van der Waals surface area (Å²) >= 11 is 0. The third-order valence-electron chi connectivity index (χ3n) is 2.23. The van der Waals surface area contributed by atoms with Gasteiger partial charge >= 0.3 is 5.97 Å². The van der Waals surface area contributed by atoms with Gasteiger partial charge in [-0.1, -0.05) is 18.9 Å². The van der Waals surface area contributed by atoms with E-state index in [1.807, 2.05) is 6.08 Å². The number of nitrogens with zero attached hydrogens (tertiary/aromatic N) is 1. The molecule has 0 saturated heterocycles. The number of rotatable bonds is 3. The molecule has 0 atom stereocenters. The summed E-state index contributed by atoms with van der Waals surface area (Å²) < 4.78 is 4.85. The third-order valence-corrected chi connectivity index (χ3v) is 2.23. The van der Waals surface area contributed by atoms with Crippen LogP contribution in [0.1, 0.15) is 13.3 Å². The van der Waals surface area contributed by atoms with Crippen molar-refractivity contribution in [2.45, 2.75) is 13.3 Å². The maximum Gasteiger partial charge on any atom is 0.335 e. The summed E-state index contributed by atoms with van der Waals surface area (Å²) in [5.41, 5.74) is 0.730. The van der Waals surface area contributed by atoms with E-state index in [1.165, 1.54) is 0 Å². The maximum absolute atomic E-state index is 11.4. The first-order valence-corrected chi connectivity index (χ1v) is 4.80. The molecule has 0 aromatic carbocycles. The van der Waals surface area contributed by atoms with E-state index in [2.05, 4.69) is 17.7 Å². The van der Waals surface area contributed by atoms with Gasteiger partial charge in [0.2, 0.25) is 0 Å². The average Bonchev–Trinajstić information content (AvgIpc) is 2.26. The standard InChI is InChI=1S/C11H15NO2/c1-3-8-14-11(13)10-6-5-7-12(4-2)9-10/h1,6H,4-5,7-9H2,2H3. The molecule has 0 amide bonds. The Kier molecular flexibility index (Phi) is 4.21. The number of hydrogen-bond acceptors (Lipinski definition) is 3. The van der Waals surface area contributed by atoms with Crippen molar-refractivity contribution in [1.29, 1.82) is 0 Å². The second-order valence-corrected chi connectivity index (χ2v) is 3.17. The van der Waals surface area contributed by atoms with Crippen molar-refractivity contribution in [2.24, 2.45) is 0 Å². The van der Waals surface area contributed by atoms with Crippen molar-refractivity contribution in [1.82, 2.24) is 4.90 Å². The van der Waals surface area contributed by atoms with Gasteiger partial charge in [0.05, 0.1) is 0 Å². The Balaban J connectivity index is 2.48. The van der Waals surface area contributed by atoms with Crippen LogP contribution in [0.25, 0.3) is 0 Å². The minimum atomic E-state index is -0.277. The van der Waals surface area contributed by atoms with Crippen molar-refractivity contribution in [3.8, 4) is 12.3 Å². The molecule has 0 unspecified atom stereocenters. The molecule has 0 aliphatic carbocycles. The van der Waals surface area contributed by atoms with Crippen LogP contribution >= 0.6 is 0 Å². The van der Waals surface area contributed by atoms with Crippen LogP contribution in [0.5, 0.6) is 0 Å². The normalized spacial score (nSPS) is 17.0. The van der Waals surface area contributed by atoms with Crippen molar-refractivity contribution in [3.63, 3.8) is 0 Å². The zero-order chi connectivity index (χ0) is 10.4. The minimum absolute atomic E-state index is 0.0578. The van der Waals surface area contributed by atoms with E-state index < -0.39 is 0 Å². The van der Waals surface area contributed by atoms with Gasteiger partial charge in [-0.25, -0.2) is 4.79 Å². The van der Waals surface area contributed by atoms with E-state index >= 15 is 0 Å². The number of terminal acetylenes is 1. The van der Waals surface area contributed by atoms with Crippen molar-refractivity contribution in [2.75, 3.05) is 26.2 Å². The van der Waals surface area contributed by atoms with Crippen LogP contribution in [0.4, 0.5) is 0 Å². The van der Waals surface area contributed by atoms with Gasteiger partial charge in [-0.15, -0.1) is 6.42 Å². The summed E-state index contributed by atoms with van der Waals surface area (Å²) in [5.74, 6) is 2.00. The first-order chi connectivity index (χ1) is 6.77. The molecule has 0 aromatic heterocycles. The summed E-state index contributed by atoms with van der Waals surface area (Å²) in [6.45, 7) is 4.79. The third kappa shape index (κ3) is 2.90. The predicted octanol–water partition coefficient (Wildman–Crippen LogP) is 0.815. The molecule has 3 heteroatoms. The van der Waals surface area contributed by atoms with Crippen molar-refractivity contribution >= 4 is 5.97 Å². The van der Waals surface area contributed by atoms with E-state index in [1.54, 1.807) is 0 Å². The lowest BCUT2D eigenvalue weighted by Gasteiger charge is -2.24. The summed E-state index contributed by atoms with van der Waals surface area (Å²) in [6.07, 6.45) is 7.85. The van der Waals surface area contributed by atoms with Crippen LogP contribution in [0, 0.1) is 12.3 Å². The Morgan fingerprint density at radius 3 is 3.21 bits per heavy atom. The van der Waals surface area contributed by atoms with E-state index in [0.29, 0.717) is 6.54 Å². The quantitative estimate of drug-likeness (QED) is 0.491. The van der Waals surface area contributed by atoms with Gasteiger partial charge in [-0.3, -0.25) is 4.90 Å². The van der Waals surface area contributed by atoms with Crippen LogP contribution in [0.15, 0.2) is 11.6 Å². The molecular formula is C11H15NO2. The van der Waals surface area contributed by atoms with Gasteiger partial charge in [0.25, 0.3) is 0 Å². The van der Waals surface area contributed by atoms with Crippen LogP contribution in [-0.2, 0) is 9.53 Å². The molecule has 0 spiro atoms. The van der Waals surface area contributed by atoms with Gasteiger partial charge < -0.3 is 4.74 Å². The van der Waals surface area contributed by atoms with E-state index in [-0.39, 0.29) is 12.6 Å². The first kappa shape index (κ1) is 10.8. The Morgan fingerprint density at radius 1 is 1.79 bits per heavy atom. The highest BCUT2D eigenvalue weighted by Gasteiger charge is 2.17. The highest BCUT2D eigenvalue weighted by Crippen LogP contribution is 2.10. The molecular weight excluding hydrogens is 178 g/mol. The topological polar surface area (TPSA) is 29.5 Å². The Morgan fingerprint density at radius 2 is 2.57 bits per heavy atom. The second-order valence-electron chi connectivity index (χ2n) is 3.17. The molecule has 1 heterocycles. The molecule has 76 valence electrons. The van der Waals surface area contributed by atoms with Crippen LogP contribution in [-0.4, -0.2) is 37.1 Å². The molecule has 0 aromatic rings. The molecule has 0 bridgehead atoms. The number of likely N-dealkylation sites (N-methyl/N-ethyl adjacent to an activating group) is 1. The summed E-state index contributed by atoms with van der Waals surface area (Å²) in [6, 6.07) is 0. The van der Waals surface area contributed by atoms with E-state index in [0.717, 1.165) is 25.1 Å². The second kappa shape index (κ2) is 5.46. The van der Waals surface area contributed by atoms with Gasteiger partial charge in [-0.05, 0) is 13.0 Å². The molecule has 0 radical (unpaired) electrons. The fraction of sp³-hybridized carbons (Fsp3) is 0.545. The lowest BCUT2D eigenvalue weighted by Crippen LogP contribution is -2.32. The zero-order valence-corrected chi connectivity index (χ0v) is 8.45. The highest BCUT2D eigenvalue weighted by atomic mass is 16.5. The van der Waals surface area contributed by atoms with Crippen LogP contribution in [0.2, 0.25) is 0 Å². The highest BCUT2D eigenvalue weighted by molar-refractivity contribution is 5.89. The van der Waals surface area contributed by atoms with Gasteiger partial charge in [0.15, 0.2) is 6.61 Å². The fourth-order valence-corrected chi connectivity index (χ4v) is 1.42.